The standard InChI is InChI=1S/C14H22N4O2S/c1-3-18-8-6-11(7-9-18)16-14(19)17-13-5-4-12(10-15-13)21(2)20/h4-5,10-11H,3,6-9H2,1-2H3,(H2,15,16,17,19). The summed E-state index contributed by atoms with van der Waals surface area (Å²) in [6.45, 7) is 5.26. The molecule has 1 unspecified atom stereocenters. The number of likely N-dealkylation sites (tertiary alicyclic amines) is 1. The highest BCUT2D eigenvalue weighted by atomic mass is 32.2. The molecule has 0 spiro atoms. The summed E-state index contributed by atoms with van der Waals surface area (Å²) in [5, 5.41) is 5.68. The van der Waals surface area contributed by atoms with Crippen molar-refractivity contribution in [3.63, 3.8) is 0 Å². The first-order valence-corrected chi connectivity index (χ1v) is 8.73. The first-order valence-electron chi connectivity index (χ1n) is 7.18. The molecule has 2 rings (SSSR count). The molecule has 0 aromatic carbocycles. The maximum absolute atomic E-state index is 11.9. The normalized spacial score (nSPS) is 18.2. The minimum Gasteiger partial charge on any atom is -0.335 e. The number of carbonyl (C=O) groups excluding carboxylic acids is 1. The molecule has 0 aliphatic carbocycles. The number of anilines is 1. The predicted octanol–water partition coefficient (Wildman–Crippen LogP) is 1.42. The maximum Gasteiger partial charge on any atom is 0.320 e. The SMILES string of the molecule is CCN1CCC(NC(=O)Nc2ccc(S(C)=O)cn2)CC1. The molecule has 2 amide bonds. The van der Waals surface area contributed by atoms with E-state index < -0.39 is 10.8 Å². The molecule has 0 saturated carbocycles. The lowest BCUT2D eigenvalue weighted by atomic mass is 10.1. The monoisotopic (exact) mass is 310 g/mol. The zero-order valence-electron chi connectivity index (χ0n) is 12.5. The molecule has 7 heteroatoms. The average molecular weight is 310 g/mol. The Labute approximate surface area is 127 Å². The van der Waals surface area contributed by atoms with Crippen LogP contribution >= 0.6 is 0 Å². The van der Waals surface area contributed by atoms with Crippen LogP contribution in [0.4, 0.5) is 10.6 Å². The van der Waals surface area contributed by atoms with Crippen molar-refractivity contribution in [2.45, 2.75) is 30.7 Å². The lowest BCUT2D eigenvalue weighted by molar-refractivity contribution is 0.203. The summed E-state index contributed by atoms with van der Waals surface area (Å²) < 4.78 is 11.3. The van der Waals surface area contributed by atoms with Crippen molar-refractivity contribution in [3.8, 4) is 0 Å². The van der Waals surface area contributed by atoms with Crippen LogP contribution in [-0.4, -0.2) is 52.1 Å². The van der Waals surface area contributed by atoms with Crippen molar-refractivity contribution in [3.05, 3.63) is 18.3 Å². The number of hydrogen-bond donors (Lipinski definition) is 2. The van der Waals surface area contributed by atoms with Gasteiger partial charge in [0.1, 0.15) is 5.82 Å². The van der Waals surface area contributed by atoms with E-state index in [0.717, 1.165) is 32.5 Å². The second-order valence-electron chi connectivity index (χ2n) is 5.14. The Morgan fingerprint density at radius 2 is 2.14 bits per heavy atom. The molecule has 0 radical (unpaired) electrons. The van der Waals surface area contributed by atoms with E-state index in [4.69, 9.17) is 0 Å². The molecule has 1 aromatic rings. The minimum absolute atomic E-state index is 0.218. The third-order valence-corrected chi connectivity index (χ3v) is 4.59. The quantitative estimate of drug-likeness (QED) is 0.882. The number of carbonyl (C=O) groups is 1. The van der Waals surface area contributed by atoms with Crippen LogP contribution in [0.1, 0.15) is 19.8 Å². The van der Waals surface area contributed by atoms with E-state index in [2.05, 4.69) is 27.4 Å². The van der Waals surface area contributed by atoms with Crippen LogP contribution < -0.4 is 10.6 Å². The molecule has 2 heterocycles. The van der Waals surface area contributed by atoms with Crippen LogP contribution in [0.3, 0.4) is 0 Å². The van der Waals surface area contributed by atoms with Crippen LogP contribution in [0.2, 0.25) is 0 Å². The summed E-state index contributed by atoms with van der Waals surface area (Å²) in [7, 11) is -1.06. The van der Waals surface area contributed by atoms with Gasteiger partial charge in [-0.3, -0.25) is 9.53 Å². The first kappa shape index (κ1) is 15.9. The molecule has 1 aliphatic heterocycles. The molecule has 0 bridgehead atoms. The van der Waals surface area contributed by atoms with Crippen molar-refractivity contribution < 1.29 is 9.00 Å². The van der Waals surface area contributed by atoms with Gasteiger partial charge in [-0.2, -0.15) is 0 Å². The average Bonchev–Trinajstić information content (AvgIpc) is 2.48. The van der Waals surface area contributed by atoms with E-state index in [9.17, 15) is 9.00 Å². The number of amides is 2. The van der Waals surface area contributed by atoms with E-state index in [1.165, 1.54) is 6.20 Å². The lowest BCUT2D eigenvalue weighted by Gasteiger charge is -2.31. The molecule has 2 N–H and O–H groups in total. The Kier molecular flexibility index (Phi) is 5.69. The van der Waals surface area contributed by atoms with Gasteiger partial charge in [-0.25, -0.2) is 9.78 Å². The van der Waals surface area contributed by atoms with Gasteiger partial charge in [0.2, 0.25) is 0 Å². The fraction of sp³-hybridized carbons (Fsp3) is 0.571. The second kappa shape index (κ2) is 7.51. The number of aromatic nitrogens is 1. The third kappa shape index (κ3) is 4.78. The van der Waals surface area contributed by atoms with Gasteiger partial charge < -0.3 is 10.2 Å². The fourth-order valence-electron chi connectivity index (χ4n) is 2.36. The van der Waals surface area contributed by atoms with Crippen molar-refractivity contribution >= 4 is 22.6 Å². The molecule has 6 nitrogen and oxygen atoms in total. The zero-order chi connectivity index (χ0) is 15.2. The Balaban J connectivity index is 1.80. The number of nitrogens with one attached hydrogen (secondary N) is 2. The Morgan fingerprint density at radius 3 is 2.67 bits per heavy atom. The van der Waals surface area contributed by atoms with Gasteiger partial charge >= 0.3 is 6.03 Å². The molecule has 1 fully saturated rings. The smallest absolute Gasteiger partial charge is 0.320 e. The van der Waals surface area contributed by atoms with Gasteiger partial charge in [-0.15, -0.1) is 0 Å². The number of rotatable bonds is 4. The Hall–Kier alpha value is -1.47. The van der Waals surface area contributed by atoms with E-state index >= 15 is 0 Å². The lowest BCUT2D eigenvalue weighted by Crippen LogP contribution is -2.45. The number of piperidine rings is 1. The second-order valence-corrected chi connectivity index (χ2v) is 6.52. The highest BCUT2D eigenvalue weighted by Crippen LogP contribution is 2.11. The maximum atomic E-state index is 11.9. The van der Waals surface area contributed by atoms with Crippen LogP contribution in [0.25, 0.3) is 0 Å². The molecule has 1 aromatic heterocycles. The molecule has 1 aliphatic rings. The van der Waals surface area contributed by atoms with E-state index in [-0.39, 0.29) is 12.1 Å². The van der Waals surface area contributed by atoms with Crippen molar-refractivity contribution in [1.29, 1.82) is 0 Å². The minimum atomic E-state index is -1.06. The molecule has 21 heavy (non-hydrogen) atoms. The molecule has 116 valence electrons. The zero-order valence-corrected chi connectivity index (χ0v) is 13.3. The number of hydrogen-bond acceptors (Lipinski definition) is 4. The molecular formula is C14H22N4O2S. The van der Waals surface area contributed by atoms with Crippen LogP contribution in [0.15, 0.2) is 23.2 Å². The first-order chi connectivity index (χ1) is 10.1. The van der Waals surface area contributed by atoms with Gasteiger partial charge in [-0.1, -0.05) is 6.92 Å². The molecule has 1 saturated heterocycles. The van der Waals surface area contributed by atoms with Gasteiger partial charge in [0.25, 0.3) is 0 Å². The highest BCUT2D eigenvalue weighted by molar-refractivity contribution is 7.84. The summed E-state index contributed by atoms with van der Waals surface area (Å²) in [6.07, 6.45) is 5.07. The van der Waals surface area contributed by atoms with Crippen molar-refractivity contribution in [2.24, 2.45) is 0 Å². The van der Waals surface area contributed by atoms with Gasteiger partial charge in [0, 0.05) is 31.6 Å². The van der Waals surface area contributed by atoms with Crippen LogP contribution in [0.5, 0.6) is 0 Å². The van der Waals surface area contributed by atoms with Gasteiger partial charge in [0.05, 0.1) is 15.7 Å². The van der Waals surface area contributed by atoms with Gasteiger partial charge in [0.15, 0.2) is 0 Å². The largest absolute Gasteiger partial charge is 0.335 e. The summed E-state index contributed by atoms with van der Waals surface area (Å²) in [4.78, 5) is 19.0. The van der Waals surface area contributed by atoms with Crippen molar-refractivity contribution in [1.82, 2.24) is 15.2 Å². The third-order valence-electron chi connectivity index (χ3n) is 3.68. The summed E-state index contributed by atoms with van der Waals surface area (Å²) >= 11 is 0. The van der Waals surface area contributed by atoms with Crippen molar-refractivity contribution in [2.75, 3.05) is 31.2 Å². The summed E-state index contributed by atoms with van der Waals surface area (Å²) in [5.74, 6) is 0.465. The molecular weight excluding hydrogens is 288 g/mol. The highest BCUT2D eigenvalue weighted by Gasteiger charge is 2.19. The Bertz CT molecular complexity index is 498. The molecule has 1 atom stereocenters. The Morgan fingerprint density at radius 1 is 1.43 bits per heavy atom. The summed E-state index contributed by atoms with van der Waals surface area (Å²) in [5.41, 5.74) is 0. The topological polar surface area (TPSA) is 74.3 Å². The van der Waals surface area contributed by atoms with E-state index in [0.29, 0.717) is 10.7 Å². The fourth-order valence-corrected chi connectivity index (χ4v) is 2.82. The van der Waals surface area contributed by atoms with Gasteiger partial charge in [-0.05, 0) is 31.5 Å². The predicted molar refractivity (Wildman–Crippen MR) is 83.9 cm³/mol. The number of urea groups is 1. The van der Waals surface area contributed by atoms with E-state index in [1.54, 1.807) is 18.4 Å². The summed E-state index contributed by atoms with van der Waals surface area (Å²) in [6, 6.07) is 3.35. The number of nitrogens with zero attached hydrogens (tertiary/aromatic N) is 2. The van der Waals surface area contributed by atoms with Crippen LogP contribution in [-0.2, 0) is 10.8 Å². The van der Waals surface area contributed by atoms with Crippen LogP contribution in [0, 0.1) is 0 Å². The number of pyridine rings is 1. The van der Waals surface area contributed by atoms with E-state index in [1.807, 2.05) is 0 Å².